The standard InChI is InChI=1S/C15H17N4O2/c1-12-4-7-15(19(20)21)11-18(12)16-10-13-5-8-14(9-6-13)17(2)3/h4-11H,1-3H3/q+1/b16-10+. The van der Waals surface area contributed by atoms with Gasteiger partial charge in [-0.25, -0.2) is 0 Å². The van der Waals surface area contributed by atoms with Crippen LogP contribution in [0.3, 0.4) is 0 Å². The van der Waals surface area contributed by atoms with Crippen molar-refractivity contribution >= 4 is 17.6 Å². The molecule has 0 fully saturated rings. The van der Waals surface area contributed by atoms with Gasteiger partial charge in [0.1, 0.15) is 6.21 Å². The van der Waals surface area contributed by atoms with E-state index in [9.17, 15) is 10.1 Å². The van der Waals surface area contributed by atoms with Crippen LogP contribution in [-0.2, 0) is 0 Å². The van der Waals surface area contributed by atoms with Gasteiger partial charge in [0.25, 0.3) is 6.20 Å². The van der Waals surface area contributed by atoms with Crippen molar-refractivity contribution < 1.29 is 9.60 Å². The van der Waals surface area contributed by atoms with Crippen molar-refractivity contribution in [3.63, 3.8) is 0 Å². The highest BCUT2D eigenvalue weighted by Crippen LogP contribution is 2.11. The summed E-state index contributed by atoms with van der Waals surface area (Å²) in [5, 5.41) is 15.0. The molecule has 0 bridgehead atoms. The van der Waals surface area contributed by atoms with Crippen LogP contribution in [0, 0.1) is 17.0 Å². The Hall–Kier alpha value is -2.76. The largest absolute Gasteiger partial charge is 0.378 e. The summed E-state index contributed by atoms with van der Waals surface area (Å²) in [6.07, 6.45) is 3.08. The number of nitrogens with zero attached hydrogens (tertiary/aromatic N) is 4. The van der Waals surface area contributed by atoms with Gasteiger partial charge in [0.2, 0.25) is 5.69 Å². The van der Waals surface area contributed by atoms with Gasteiger partial charge in [-0.1, -0.05) is 12.1 Å². The molecule has 1 aromatic heterocycles. The molecular weight excluding hydrogens is 268 g/mol. The Morgan fingerprint density at radius 1 is 1.19 bits per heavy atom. The second-order valence-electron chi connectivity index (χ2n) is 4.86. The molecule has 0 atom stereocenters. The van der Waals surface area contributed by atoms with Crippen molar-refractivity contribution in [1.82, 2.24) is 0 Å². The lowest BCUT2D eigenvalue weighted by Crippen LogP contribution is -2.31. The molecule has 0 amide bonds. The summed E-state index contributed by atoms with van der Waals surface area (Å²) in [5.41, 5.74) is 2.87. The molecule has 0 saturated carbocycles. The molecule has 0 spiro atoms. The average Bonchev–Trinajstić information content (AvgIpc) is 2.46. The SMILES string of the molecule is Cc1ccc([N+](=O)[O-])c[n+]1/N=C/c1ccc(N(C)C)cc1. The third kappa shape index (κ3) is 3.62. The maximum Gasteiger partial charge on any atom is 0.335 e. The molecule has 0 radical (unpaired) electrons. The molecule has 21 heavy (non-hydrogen) atoms. The molecule has 0 aliphatic rings. The first-order valence-corrected chi connectivity index (χ1v) is 6.46. The van der Waals surface area contributed by atoms with Gasteiger partial charge in [-0.3, -0.25) is 10.1 Å². The summed E-state index contributed by atoms with van der Waals surface area (Å²) in [6, 6.07) is 11.0. The number of aromatic nitrogens is 1. The Balaban J connectivity index is 2.24. The van der Waals surface area contributed by atoms with E-state index in [1.807, 2.05) is 50.2 Å². The van der Waals surface area contributed by atoms with E-state index in [0.717, 1.165) is 16.9 Å². The van der Waals surface area contributed by atoms with E-state index < -0.39 is 4.92 Å². The van der Waals surface area contributed by atoms with Crippen LogP contribution in [0.1, 0.15) is 11.3 Å². The molecule has 6 nitrogen and oxygen atoms in total. The summed E-state index contributed by atoms with van der Waals surface area (Å²) < 4.78 is 1.50. The van der Waals surface area contributed by atoms with Gasteiger partial charge < -0.3 is 4.90 Å². The molecule has 0 unspecified atom stereocenters. The van der Waals surface area contributed by atoms with Gasteiger partial charge in [0, 0.05) is 38.8 Å². The smallest absolute Gasteiger partial charge is 0.335 e. The van der Waals surface area contributed by atoms with Crippen molar-refractivity contribution in [1.29, 1.82) is 0 Å². The zero-order valence-electron chi connectivity index (χ0n) is 12.2. The summed E-state index contributed by atoms with van der Waals surface area (Å²) in [5.74, 6) is 0. The third-order valence-corrected chi connectivity index (χ3v) is 3.06. The van der Waals surface area contributed by atoms with E-state index in [4.69, 9.17) is 0 Å². The lowest BCUT2D eigenvalue weighted by atomic mass is 10.2. The Morgan fingerprint density at radius 3 is 2.43 bits per heavy atom. The number of pyridine rings is 1. The number of hydrogen-bond donors (Lipinski definition) is 0. The Morgan fingerprint density at radius 2 is 1.86 bits per heavy atom. The molecule has 1 heterocycles. The lowest BCUT2D eigenvalue weighted by molar-refractivity contribution is -0.686. The number of nitro groups is 1. The van der Waals surface area contributed by atoms with Crippen LogP contribution in [0.5, 0.6) is 0 Å². The number of benzene rings is 1. The van der Waals surface area contributed by atoms with Crippen molar-refractivity contribution in [3.8, 4) is 0 Å². The van der Waals surface area contributed by atoms with E-state index >= 15 is 0 Å². The second-order valence-corrected chi connectivity index (χ2v) is 4.86. The first kappa shape index (κ1) is 14.6. The molecule has 0 saturated heterocycles. The van der Waals surface area contributed by atoms with E-state index in [-0.39, 0.29) is 5.69 Å². The minimum absolute atomic E-state index is 0.0145. The first-order valence-electron chi connectivity index (χ1n) is 6.46. The lowest BCUT2D eigenvalue weighted by Gasteiger charge is -2.11. The van der Waals surface area contributed by atoms with Crippen molar-refractivity contribution in [3.05, 3.63) is 64.0 Å². The van der Waals surface area contributed by atoms with Crippen LogP contribution in [0.4, 0.5) is 11.4 Å². The average molecular weight is 285 g/mol. The van der Waals surface area contributed by atoms with Crippen LogP contribution in [0.25, 0.3) is 0 Å². The predicted molar refractivity (Wildman–Crippen MR) is 81.8 cm³/mol. The van der Waals surface area contributed by atoms with E-state index in [0.29, 0.717) is 0 Å². The van der Waals surface area contributed by atoms with Crippen LogP contribution >= 0.6 is 0 Å². The molecule has 108 valence electrons. The van der Waals surface area contributed by atoms with Gasteiger partial charge >= 0.3 is 5.69 Å². The summed E-state index contributed by atoms with van der Waals surface area (Å²) >= 11 is 0. The highest BCUT2D eigenvalue weighted by Gasteiger charge is 2.14. The molecule has 2 rings (SSSR count). The predicted octanol–water partition coefficient (Wildman–Crippen LogP) is 2.14. The molecular formula is C15H17N4O2+. The fourth-order valence-corrected chi connectivity index (χ4v) is 1.77. The highest BCUT2D eigenvalue weighted by molar-refractivity contribution is 5.79. The van der Waals surface area contributed by atoms with Crippen molar-refractivity contribution in [2.45, 2.75) is 6.92 Å². The van der Waals surface area contributed by atoms with Crippen molar-refractivity contribution in [2.24, 2.45) is 5.10 Å². The maximum atomic E-state index is 10.8. The Kier molecular flexibility index (Phi) is 4.27. The van der Waals surface area contributed by atoms with Gasteiger partial charge in [0.15, 0.2) is 0 Å². The van der Waals surface area contributed by atoms with Crippen LogP contribution in [0.2, 0.25) is 0 Å². The van der Waals surface area contributed by atoms with Crippen LogP contribution in [0.15, 0.2) is 47.7 Å². The molecule has 0 aliphatic carbocycles. The maximum absolute atomic E-state index is 10.8. The number of aryl methyl sites for hydroxylation is 1. The van der Waals surface area contributed by atoms with E-state index in [1.54, 1.807) is 12.3 Å². The van der Waals surface area contributed by atoms with Gasteiger partial charge in [-0.05, 0) is 27.5 Å². The Labute approximate surface area is 123 Å². The summed E-state index contributed by atoms with van der Waals surface area (Å²) in [6.45, 7) is 1.84. The van der Waals surface area contributed by atoms with Gasteiger partial charge in [-0.2, -0.15) is 0 Å². The quantitative estimate of drug-likeness (QED) is 0.374. The third-order valence-electron chi connectivity index (χ3n) is 3.06. The minimum Gasteiger partial charge on any atom is -0.378 e. The highest BCUT2D eigenvalue weighted by atomic mass is 16.6. The van der Waals surface area contributed by atoms with E-state index in [1.165, 1.54) is 16.9 Å². The van der Waals surface area contributed by atoms with Gasteiger partial charge in [-0.15, -0.1) is 0 Å². The minimum atomic E-state index is -0.433. The number of rotatable bonds is 4. The molecule has 6 heteroatoms. The van der Waals surface area contributed by atoms with Crippen molar-refractivity contribution in [2.75, 3.05) is 19.0 Å². The fraction of sp³-hybridized carbons (Fsp3) is 0.200. The van der Waals surface area contributed by atoms with Crippen LogP contribution < -0.4 is 9.58 Å². The van der Waals surface area contributed by atoms with Gasteiger partial charge in [0.05, 0.1) is 4.92 Å². The zero-order chi connectivity index (χ0) is 15.4. The number of anilines is 1. The zero-order valence-corrected chi connectivity index (χ0v) is 12.2. The monoisotopic (exact) mass is 285 g/mol. The molecule has 1 aromatic carbocycles. The Bertz CT molecular complexity index is 679. The molecule has 0 N–H and O–H groups in total. The molecule has 2 aromatic rings. The number of hydrogen-bond acceptors (Lipinski definition) is 4. The summed E-state index contributed by atoms with van der Waals surface area (Å²) in [7, 11) is 3.96. The van der Waals surface area contributed by atoms with Crippen LogP contribution in [-0.4, -0.2) is 25.2 Å². The fourth-order valence-electron chi connectivity index (χ4n) is 1.77. The first-order chi connectivity index (χ1) is 9.97. The topological polar surface area (TPSA) is 62.6 Å². The summed E-state index contributed by atoms with van der Waals surface area (Å²) in [4.78, 5) is 12.4. The van der Waals surface area contributed by atoms with E-state index in [2.05, 4.69) is 5.10 Å². The second kappa shape index (κ2) is 6.13. The molecule has 0 aliphatic heterocycles. The normalized spacial score (nSPS) is 10.8.